The molecule has 0 atom stereocenters. The standard InChI is InChI=1S/C19H16F2N2O3S.C18H23F2N3O3S/c1-19(2,27(25,26)16-8-7-14(20)10-15(16)21)18(24)23-17-9-12-5-3-4-6-13(12)11-22-17;1-17(2,3)14-10-15(23(6)22-14)21-16(24)18(4,5)27(25,26)13-8-7-11(19)9-12(13)20/h3-11H,1-2H3,(H,22,23,24);7-10H,1-6H3,(H,21,24). The van der Waals surface area contributed by atoms with Gasteiger partial charge in [0.2, 0.25) is 11.8 Å². The van der Waals surface area contributed by atoms with Gasteiger partial charge in [-0.25, -0.2) is 39.4 Å². The van der Waals surface area contributed by atoms with Gasteiger partial charge < -0.3 is 10.6 Å². The van der Waals surface area contributed by atoms with Crippen LogP contribution in [0.15, 0.2) is 88.8 Å². The van der Waals surface area contributed by atoms with Crippen molar-refractivity contribution in [3.8, 4) is 0 Å². The zero-order valence-corrected chi connectivity index (χ0v) is 32.3. The summed E-state index contributed by atoms with van der Waals surface area (Å²) >= 11 is 0. The van der Waals surface area contributed by atoms with Crippen molar-refractivity contribution in [2.75, 3.05) is 10.6 Å². The average Bonchev–Trinajstić information content (AvgIpc) is 3.44. The highest BCUT2D eigenvalue weighted by molar-refractivity contribution is 7.94. The SMILES string of the molecule is CC(C)(C(=O)Nc1cc2ccccc2cn1)S(=O)(=O)c1ccc(F)cc1F.Cn1nc(C(C)(C)C)cc1NC(=O)C(C)(C)S(=O)(=O)c1ccc(F)cc1F. The van der Waals surface area contributed by atoms with Gasteiger partial charge in [-0.15, -0.1) is 0 Å². The summed E-state index contributed by atoms with van der Waals surface area (Å²) in [6, 6.07) is 14.8. The van der Waals surface area contributed by atoms with E-state index in [0.717, 1.165) is 48.9 Å². The number of aromatic nitrogens is 3. The van der Waals surface area contributed by atoms with E-state index in [9.17, 15) is 44.0 Å². The van der Waals surface area contributed by atoms with E-state index in [1.165, 1.54) is 18.5 Å². The first-order chi connectivity index (χ1) is 24.8. The molecule has 0 bridgehead atoms. The molecule has 0 saturated heterocycles. The third kappa shape index (κ3) is 8.31. The van der Waals surface area contributed by atoms with Crippen LogP contribution in [0.5, 0.6) is 0 Å². The number of nitrogens with one attached hydrogen (secondary N) is 2. The fraction of sp³-hybridized carbons (Fsp3) is 0.297. The quantitative estimate of drug-likeness (QED) is 0.127. The number of carbonyl (C=O) groups excluding carboxylic acids is 2. The van der Waals surface area contributed by atoms with Gasteiger partial charge >= 0.3 is 0 Å². The lowest BCUT2D eigenvalue weighted by atomic mass is 9.92. The van der Waals surface area contributed by atoms with E-state index >= 15 is 0 Å². The van der Waals surface area contributed by atoms with Crippen LogP contribution in [0.25, 0.3) is 10.8 Å². The number of nitrogens with zero attached hydrogens (tertiary/aromatic N) is 3. The normalized spacial score (nSPS) is 12.5. The van der Waals surface area contributed by atoms with E-state index in [1.807, 2.05) is 45.0 Å². The first-order valence-corrected chi connectivity index (χ1v) is 19.2. The number of halogens is 4. The monoisotopic (exact) mass is 789 g/mol. The summed E-state index contributed by atoms with van der Waals surface area (Å²) in [5.74, 6) is -5.56. The number of fused-ring (bicyclic) bond motifs is 1. The van der Waals surface area contributed by atoms with Gasteiger partial charge in [-0.1, -0.05) is 45.0 Å². The van der Waals surface area contributed by atoms with Crippen molar-refractivity contribution in [3.63, 3.8) is 0 Å². The molecule has 0 aliphatic heterocycles. The van der Waals surface area contributed by atoms with Gasteiger partial charge in [-0.05, 0) is 63.4 Å². The van der Waals surface area contributed by atoms with Crippen LogP contribution in [-0.2, 0) is 41.7 Å². The molecule has 3 aromatic carbocycles. The summed E-state index contributed by atoms with van der Waals surface area (Å²) in [6.07, 6.45) is 1.55. The highest BCUT2D eigenvalue weighted by atomic mass is 32.2. The number of hydrogen-bond donors (Lipinski definition) is 2. The van der Waals surface area contributed by atoms with E-state index in [2.05, 4.69) is 20.7 Å². The van der Waals surface area contributed by atoms with Gasteiger partial charge in [0.15, 0.2) is 19.7 Å². The third-order valence-corrected chi connectivity index (χ3v) is 13.4. The molecule has 2 aromatic heterocycles. The van der Waals surface area contributed by atoms with Crippen molar-refractivity contribution in [3.05, 3.63) is 108 Å². The van der Waals surface area contributed by atoms with Crippen LogP contribution in [0, 0.1) is 23.3 Å². The minimum Gasteiger partial charge on any atom is -0.310 e. The van der Waals surface area contributed by atoms with E-state index in [4.69, 9.17) is 0 Å². The largest absolute Gasteiger partial charge is 0.310 e. The number of anilines is 2. The Hall–Kier alpha value is -5.16. The first kappa shape index (κ1) is 41.6. The van der Waals surface area contributed by atoms with Gasteiger partial charge in [0.1, 0.15) is 54.2 Å². The fourth-order valence-electron chi connectivity index (χ4n) is 4.82. The van der Waals surface area contributed by atoms with E-state index in [-0.39, 0.29) is 11.2 Å². The third-order valence-electron chi connectivity index (χ3n) is 8.57. The Labute approximate surface area is 310 Å². The highest BCUT2D eigenvalue weighted by Gasteiger charge is 2.45. The zero-order valence-electron chi connectivity index (χ0n) is 30.6. The van der Waals surface area contributed by atoms with Crippen LogP contribution in [0.3, 0.4) is 0 Å². The lowest BCUT2D eigenvalue weighted by Gasteiger charge is -2.24. The number of benzene rings is 3. The van der Waals surface area contributed by atoms with E-state index < -0.39 is 74.0 Å². The summed E-state index contributed by atoms with van der Waals surface area (Å²) in [5, 5.41) is 11.0. The molecule has 2 heterocycles. The van der Waals surface area contributed by atoms with Crippen LogP contribution in [0.4, 0.5) is 29.2 Å². The number of amides is 2. The average molecular weight is 790 g/mol. The topological polar surface area (TPSA) is 157 Å². The summed E-state index contributed by atoms with van der Waals surface area (Å²) in [7, 11) is -7.24. The molecule has 17 heteroatoms. The van der Waals surface area contributed by atoms with Crippen molar-refractivity contribution >= 4 is 53.9 Å². The van der Waals surface area contributed by atoms with Crippen molar-refractivity contribution in [1.29, 1.82) is 0 Å². The molecule has 54 heavy (non-hydrogen) atoms. The summed E-state index contributed by atoms with van der Waals surface area (Å²) in [4.78, 5) is 28.0. The van der Waals surface area contributed by atoms with E-state index in [0.29, 0.717) is 23.6 Å². The second-order valence-electron chi connectivity index (χ2n) is 14.3. The lowest BCUT2D eigenvalue weighted by molar-refractivity contribution is -0.118. The molecule has 0 spiro atoms. The molecule has 2 amide bonds. The van der Waals surface area contributed by atoms with Gasteiger partial charge in [0.25, 0.3) is 0 Å². The van der Waals surface area contributed by atoms with Crippen LogP contribution in [0.2, 0.25) is 0 Å². The number of aryl methyl sites for hydroxylation is 1. The maximum Gasteiger partial charge on any atom is 0.246 e. The van der Waals surface area contributed by atoms with Crippen LogP contribution >= 0.6 is 0 Å². The molecule has 0 radical (unpaired) electrons. The van der Waals surface area contributed by atoms with Crippen molar-refractivity contribution in [2.24, 2.45) is 7.05 Å². The lowest BCUT2D eigenvalue weighted by Crippen LogP contribution is -2.45. The summed E-state index contributed by atoms with van der Waals surface area (Å²) in [6.45, 7) is 10.5. The second kappa shape index (κ2) is 14.9. The minimum atomic E-state index is -4.43. The molecule has 0 fully saturated rings. The molecule has 288 valence electrons. The molecule has 0 aliphatic rings. The van der Waals surface area contributed by atoms with Gasteiger partial charge in [0.05, 0.1) is 5.69 Å². The minimum absolute atomic E-state index is 0.168. The van der Waals surface area contributed by atoms with Gasteiger partial charge in [0, 0.05) is 42.2 Å². The zero-order chi connectivity index (χ0) is 40.6. The van der Waals surface area contributed by atoms with Crippen molar-refractivity contribution in [2.45, 2.75) is 73.2 Å². The summed E-state index contributed by atoms with van der Waals surface area (Å²) in [5.41, 5.74) is 0.449. The van der Waals surface area contributed by atoms with Crippen LogP contribution in [-0.4, -0.2) is 52.9 Å². The first-order valence-electron chi connectivity index (χ1n) is 16.2. The molecule has 2 N–H and O–H groups in total. The van der Waals surface area contributed by atoms with Crippen molar-refractivity contribution < 1.29 is 44.0 Å². The Morgan fingerprint density at radius 1 is 0.648 bits per heavy atom. The molecule has 0 unspecified atom stereocenters. The highest BCUT2D eigenvalue weighted by Crippen LogP contribution is 2.31. The van der Waals surface area contributed by atoms with Gasteiger partial charge in [-0.2, -0.15) is 5.10 Å². The Morgan fingerprint density at radius 2 is 1.11 bits per heavy atom. The second-order valence-corrected chi connectivity index (χ2v) is 19.2. The molecule has 11 nitrogen and oxygen atoms in total. The summed E-state index contributed by atoms with van der Waals surface area (Å²) < 4.78 is 103. The van der Waals surface area contributed by atoms with Gasteiger partial charge in [-0.3, -0.25) is 14.3 Å². The Bertz CT molecular complexity index is 2480. The molecular weight excluding hydrogens is 751 g/mol. The molecule has 0 saturated carbocycles. The van der Waals surface area contributed by atoms with Crippen molar-refractivity contribution in [1.82, 2.24) is 14.8 Å². The number of carbonyl (C=O) groups is 2. The maximum atomic E-state index is 14.0. The maximum absolute atomic E-state index is 14.0. The smallest absolute Gasteiger partial charge is 0.246 e. The predicted octanol–water partition coefficient (Wildman–Crippen LogP) is 6.89. The Kier molecular flexibility index (Phi) is 11.5. The predicted molar refractivity (Wildman–Crippen MR) is 196 cm³/mol. The Morgan fingerprint density at radius 3 is 1.56 bits per heavy atom. The molecule has 5 rings (SSSR count). The fourth-order valence-corrected chi connectivity index (χ4v) is 7.63. The van der Waals surface area contributed by atoms with Crippen LogP contribution < -0.4 is 10.6 Å². The number of pyridine rings is 1. The number of hydrogen-bond acceptors (Lipinski definition) is 8. The van der Waals surface area contributed by atoms with Crippen LogP contribution in [0.1, 0.15) is 54.2 Å². The Balaban J connectivity index is 0.000000241. The van der Waals surface area contributed by atoms with E-state index in [1.54, 1.807) is 25.4 Å². The number of sulfone groups is 2. The molecule has 5 aromatic rings. The number of rotatable bonds is 8. The molecular formula is C37H39F4N5O6S2. The molecule has 0 aliphatic carbocycles.